The van der Waals surface area contributed by atoms with Crippen LogP contribution in [0.5, 0.6) is 0 Å². The van der Waals surface area contributed by atoms with Gasteiger partial charge in [-0.15, -0.1) is 12.4 Å². The molecule has 0 aliphatic carbocycles. The van der Waals surface area contributed by atoms with E-state index in [0.29, 0.717) is 12.5 Å². The largest absolute Gasteiger partial charge is 0.465 e. The van der Waals surface area contributed by atoms with Crippen molar-refractivity contribution >= 4 is 28.4 Å². The number of alkyl halides is 3. The zero-order valence-corrected chi connectivity index (χ0v) is 14.2. The van der Waals surface area contributed by atoms with Gasteiger partial charge in [0.15, 0.2) is 0 Å². The van der Waals surface area contributed by atoms with E-state index in [-0.39, 0.29) is 31.5 Å². The smallest absolute Gasteiger partial charge is 0.417 e. The third-order valence-corrected chi connectivity index (χ3v) is 5.39. The van der Waals surface area contributed by atoms with Crippen LogP contribution in [0.4, 0.5) is 13.2 Å². The van der Waals surface area contributed by atoms with E-state index in [0.717, 1.165) is 23.5 Å². The van der Waals surface area contributed by atoms with Gasteiger partial charge >= 0.3 is 12.1 Å². The highest BCUT2D eigenvalue weighted by Gasteiger charge is 2.38. The maximum Gasteiger partial charge on any atom is 0.417 e. The molecule has 1 saturated heterocycles. The Morgan fingerprint density at radius 1 is 1.38 bits per heavy atom. The molecule has 1 atom stereocenters. The number of methoxy groups -OCH3 is 1. The van der Waals surface area contributed by atoms with Crippen molar-refractivity contribution in [1.29, 1.82) is 0 Å². The van der Waals surface area contributed by atoms with Gasteiger partial charge in [-0.1, -0.05) is 0 Å². The molecule has 6 nitrogen and oxygen atoms in total. The van der Waals surface area contributed by atoms with Crippen molar-refractivity contribution in [3.05, 3.63) is 29.3 Å². The van der Waals surface area contributed by atoms with Crippen LogP contribution in [0, 0.1) is 0 Å². The fourth-order valence-corrected chi connectivity index (χ4v) is 3.87. The summed E-state index contributed by atoms with van der Waals surface area (Å²) in [5, 5.41) is 0. The molecule has 0 radical (unpaired) electrons. The first-order chi connectivity index (χ1) is 10.6. The fourth-order valence-electron chi connectivity index (χ4n) is 2.33. The number of hydrogen-bond acceptors (Lipinski definition) is 5. The van der Waals surface area contributed by atoms with E-state index in [1.807, 2.05) is 0 Å². The molecule has 2 N–H and O–H groups in total. The Morgan fingerprint density at radius 2 is 2.00 bits per heavy atom. The number of sulfonamides is 1. The monoisotopic (exact) mass is 388 g/mol. The summed E-state index contributed by atoms with van der Waals surface area (Å²) in [6, 6.07) is 1.87. The number of carbonyl (C=O) groups excluding carboxylic acids is 1. The average molecular weight is 389 g/mol. The summed E-state index contributed by atoms with van der Waals surface area (Å²) in [5.74, 6) is -1.19. The van der Waals surface area contributed by atoms with Gasteiger partial charge in [-0.3, -0.25) is 0 Å². The molecule has 1 fully saturated rings. The maximum atomic E-state index is 13.1. The first-order valence-electron chi connectivity index (χ1n) is 6.62. The van der Waals surface area contributed by atoms with Crippen molar-refractivity contribution in [2.24, 2.45) is 5.73 Å². The van der Waals surface area contributed by atoms with Gasteiger partial charge in [0.05, 0.1) is 23.1 Å². The van der Waals surface area contributed by atoms with Crippen LogP contribution in [0.1, 0.15) is 22.3 Å². The van der Waals surface area contributed by atoms with E-state index in [4.69, 9.17) is 5.73 Å². The summed E-state index contributed by atoms with van der Waals surface area (Å²) in [4.78, 5) is 10.9. The van der Waals surface area contributed by atoms with E-state index in [1.54, 1.807) is 0 Å². The molecule has 0 aromatic heterocycles. The lowest BCUT2D eigenvalue weighted by atomic mass is 10.1. The highest BCUT2D eigenvalue weighted by Crippen LogP contribution is 2.34. The molecule has 11 heteroatoms. The second kappa shape index (κ2) is 7.26. The molecule has 1 heterocycles. The Bertz CT molecular complexity index is 724. The standard InChI is InChI=1S/C13H15F3N2O4S.ClH/c1-22-12(19)10-3-2-9(6-11(10)13(14,15)16)23(20,21)18-5-4-8(17)7-18;/h2-3,6,8H,4-5,7,17H2,1H3;1H/t8-;/m0./s1. The van der Waals surface area contributed by atoms with E-state index in [9.17, 15) is 26.4 Å². The minimum atomic E-state index is -4.89. The van der Waals surface area contributed by atoms with Gasteiger partial charge in [0.2, 0.25) is 10.0 Å². The molecule has 0 amide bonds. The second-order valence-corrected chi connectivity index (χ2v) is 7.05. The van der Waals surface area contributed by atoms with Crippen molar-refractivity contribution in [1.82, 2.24) is 4.31 Å². The van der Waals surface area contributed by atoms with Gasteiger partial charge < -0.3 is 10.5 Å². The molecule has 0 unspecified atom stereocenters. The molecule has 2 rings (SSSR count). The summed E-state index contributed by atoms with van der Waals surface area (Å²) in [6.07, 6.45) is -4.46. The van der Waals surface area contributed by atoms with Crippen LogP contribution in [-0.2, 0) is 20.9 Å². The molecule has 0 bridgehead atoms. The van der Waals surface area contributed by atoms with Crippen LogP contribution in [-0.4, -0.2) is 44.9 Å². The summed E-state index contributed by atoms with van der Waals surface area (Å²) in [6.45, 7) is 0.187. The minimum Gasteiger partial charge on any atom is -0.465 e. The number of nitrogens with zero attached hydrogens (tertiary/aromatic N) is 1. The Labute approximate surface area is 143 Å². The van der Waals surface area contributed by atoms with Crippen LogP contribution in [0.3, 0.4) is 0 Å². The lowest BCUT2D eigenvalue weighted by Gasteiger charge is -2.18. The van der Waals surface area contributed by atoms with Crippen molar-refractivity contribution < 1.29 is 31.1 Å². The SMILES string of the molecule is COC(=O)c1ccc(S(=O)(=O)N2CC[C@H](N)C2)cc1C(F)(F)F.Cl. The third kappa shape index (κ3) is 4.00. The van der Waals surface area contributed by atoms with Crippen LogP contribution in [0.25, 0.3) is 0 Å². The van der Waals surface area contributed by atoms with Crippen LogP contribution < -0.4 is 5.73 Å². The number of hydrogen-bond donors (Lipinski definition) is 1. The predicted molar refractivity (Wildman–Crippen MR) is 81.4 cm³/mol. The average Bonchev–Trinajstić information content (AvgIpc) is 2.92. The molecule has 1 aliphatic heterocycles. The van der Waals surface area contributed by atoms with Gasteiger partial charge in [-0.05, 0) is 24.6 Å². The molecule has 24 heavy (non-hydrogen) atoms. The topological polar surface area (TPSA) is 89.7 Å². The number of ether oxygens (including phenoxy) is 1. The quantitative estimate of drug-likeness (QED) is 0.795. The van der Waals surface area contributed by atoms with Gasteiger partial charge in [0.25, 0.3) is 0 Å². The summed E-state index contributed by atoms with van der Waals surface area (Å²) in [5.41, 5.74) is 3.54. The van der Waals surface area contributed by atoms with Crippen LogP contribution >= 0.6 is 12.4 Å². The number of nitrogens with two attached hydrogens (primary N) is 1. The molecule has 0 spiro atoms. The molecule has 136 valence electrons. The molecular formula is C13H16ClF3N2O4S. The molecule has 1 aliphatic rings. The zero-order valence-electron chi connectivity index (χ0n) is 12.5. The first kappa shape index (κ1) is 20.7. The number of esters is 1. The maximum absolute atomic E-state index is 13.1. The van der Waals surface area contributed by atoms with Gasteiger partial charge in [-0.25, -0.2) is 13.2 Å². The zero-order chi connectivity index (χ0) is 17.4. The fraction of sp³-hybridized carbons (Fsp3) is 0.462. The normalized spacial score (nSPS) is 19.0. The Kier molecular flexibility index (Phi) is 6.26. The van der Waals surface area contributed by atoms with Crippen molar-refractivity contribution in [2.45, 2.75) is 23.5 Å². The number of carbonyl (C=O) groups is 1. The second-order valence-electron chi connectivity index (χ2n) is 5.11. The predicted octanol–water partition coefficient (Wildman–Crippen LogP) is 1.64. The van der Waals surface area contributed by atoms with E-state index in [1.165, 1.54) is 0 Å². The molecule has 0 saturated carbocycles. The highest BCUT2D eigenvalue weighted by atomic mass is 35.5. The minimum absolute atomic E-state index is 0. The van der Waals surface area contributed by atoms with Crippen molar-refractivity contribution in [3.8, 4) is 0 Å². The van der Waals surface area contributed by atoms with Gasteiger partial charge in [0, 0.05) is 19.1 Å². The summed E-state index contributed by atoms with van der Waals surface area (Å²) >= 11 is 0. The lowest BCUT2D eigenvalue weighted by molar-refractivity contribution is -0.138. The Morgan fingerprint density at radius 3 is 2.46 bits per heavy atom. The molecule has 1 aromatic carbocycles. The summed E-state index contributed by atoms with van der Waals surface area (Å²) in [7, 11) is -3.16. The summed E-state index contributed by atoms with van der Waals surface area (Å²) < 4.78 is 69.5. The lowest BCUT2D eigenvalue weighted by Crippen LogP contribution is -2.32. The number of benzene rings is 1. The third-order valence-electron chi connectivity index (χ3n) is 3.53. The number of rotatable bonds is 3. The van der Waals surface area contributed by atoms with Gasteiger partial charge in [0.1, 0.15) is 0 Å². The van der Waals surface area contributed by atoms with Gasteiger partial charge in [-0.2, -0.15) is 17.5 Å². The Hall–Kier alpha value is -1.36. The first-order valence-corrected chi connectivity index (χ1v) is 8.06. The van der Waals surface area contributed by atoms with Crippen molar-refractivity contribution in [2.75, 3.05) is 20.2 Å². The van der Waals surface area contributed by atoms with Crippen LogP contribution in [0.15, 0.2) is 23.1 Å². The van der Waals surface area contributed by atoms with E-state index >= 15 is 0 Å². The molecule has 1 aromatic rings. The molecular weight excluding hydrogens is 373 g/mol. The van der Waals surface area contributed by atoms with E-state index in [2.05, 4.69) is 4.74 Å². The number of halogens is 4. The van der Waals surface area contributed by atoms with Crippen LogP contribution in [0.2, 0.25) is 0 Å². The van der Waals surface area contributed by atoms with E-state index < -0.39 is 38.2 Å². The Balaban J connectivity index is 0.00000288. The highest BCUT2D eigenvalue weighted by molar-refractivity contribution is 7.89. The van der Waals surface area contributed by atoms with Crippen molar-refractivity contribution in [3.63, 3.8) is 0 Å².